The first-order chi connectivity index (χ1) is 20.3. The second-order valence-corrected chi connectivity index (χ2v) is 11.3. The van der Waals surface area contributed by atoms with Crippen molar-refractivity contribution in [3.63, 3.8) is 0 Å². The summed E-state index contributed by atoms with van der Waals surface area (Å²) >= 11 is 0. The maximum absolute atomic E-state index is 2.37. The van der Waals surface area contributed by atoms with Gasteiger partial charge >= 0.3 is 0 Å². The lowest BCUT2D eigenvalue weighted by Gasteiger charge is -2.28. The molecule has 0 heterocycles. The molecule has 7 aromatic rings. The summed E-state index contributed by atoms with van der Waals surface area (Å²) in [6.45, 7) is 2.37. The monoisotopic (exact) mass is 522 g/mol. The molecular formula is C41H30. The smallest absolute Gasteiger partial charge is 0.00200 e. The molecule has 0 heteroatoms. The summed E-state index contributed by atoms with van der Waals surface area (Å²) in [6.07, 6.45) is 1.09. The van der Waals surface area contributed by atoms with Crippen LogP contribution in [0.15, 0.2) is 146 Å². The second kappa shape index (κ2) is 9.61. The van der Waals surface area contributed by atoms with Gasteiger partial charge in [0.05, 0.1) is 0 Å². The molecule has 0 radical (unpaired) electrons. The Morgan fingerprint density at radius 2 is 0.902 bits per heavy atom. The fourth-order valence-electron chi connectivity index (χ4n) is 7.06. The molecule has 0 bridgehead atoms. The largest absolute Gasteiger partial charge is 0.0622 e. The number of rotatable bonds is 3. The van der Waals surface area contributed by atoms with Gasteiger partial charge in [0.2, 0.25) is 0 Å². The van der Waals surface area contributed by atoms with Gasteiger partial charge in [-0.25, -0.2) is 0 Å². The van der Waals surface area contributed by atoms with E-state index in [1.165, 1.54) is 77.2 Å². The van der Waals surface area contributed by atoms with E-state index < -0.39 is 0 Å². The summed E-state index contributed by atoms with van der Waals surface area (Å²) in [5, 5.41) is 5.20. The van der Waals surface area contributed by atoms with Gasteiger partial charge < -0.3 is 0 Å². The van der Waals surface area contributed by atoms with Crippen molar-refractivity contribution in [2.75, 3.05) is 0 Å². The number of benzene rings is 7. The molecule has 0 aromatic heterocycles. The third-order valence-electron chi connectivity index (χ3n) is 8.92. The molecule has 0 fully saturated rings. The maximum atomic E-state index is 2.37. The lowest BCUT2D eigenvalue weighted by atomic mass is 9.75. The van der Waals surface area contributed by atoms with Gasteiger partial charge in [-0.2, -0.15) is 0 Å². The van der Waals surface area contributed by atoms with Crippen LogP contribution in [0, 0.1) is 0 Å². The van der Waals surface area contributed by atoms with Gasteiger partial charge in [-0.15, -0.1) is 0 Å². The fraction of sp³-hybridized carbons (Fsp3) is 0.0732. The topological polar surface area (TPSA) is 0 Å². The summed E-state index contributed by atoms with van der Waals surface area (Å²) in [5.74, 6) is 0.486. The molecule has 0 saturated heterocycles. The third-order valence-corrected chi connectivity index (χ3v) is 8.92. The van der Waals surface area contributed by atoms with E-state index in [2.05, 4.69) is 153 Å². The minimum absolute atomic E-state index is 0.486. The van der Waals surface area contributed by atoms with Gasteiger partial charge in [-0.3, -0.25) is 0 Å². The first-order valence-corrected chi connectivity index (χ1v) is 14.6. The van der Waals surface area contributed by atoms with Crippen LogP contribution in [0.1, 0.15) is 24.0 Å². The molecule has 0 nitrogen and oxygen atoms in total. The van der Waals surface area contributed by atoms with Gasteiger partial charge in [0, 0.05) is 0 Å². The fourth-order valence-corrected chi connectivity index (χ4v) is 7.06. The SMILES string of the molecule is CC1Cc2ccccc2-c2c(-c3c4ccccc4c(-c4ccc(-c5ccccc5)cc4)c4ccccc34)cccc21. The van der Waals surface area contributed by atoms with Crippen molar-refractivity contribution >= 4 is 21.5 Å². The zero-order valence-electron chi connectivity index (χ0n) is 23.1. The van der Waals surface area contributed by atoms with Crippen molar-refractivity contribution in [2.45, 2.75) is 19.3 Å². The lowest BCUT2D eigenvalue weighted by molar-refractivity contribution is 0.749. The van der Waals surface area contributed by atoms with E-state index in [1.807, 2.05) is 0 Å². The highest BCUT2D eigenvalue weighted by molar-refractivity contribution is 6.22. The third kappa shape index (κ3) is 3.83. The van der Waals surface area contributed by atoms with E-state index in [9.17, 15) is 0 Å². The summed E-state index contributed by atoms with van der Waals surface area (Å²) in [4.78, 5) is 0. The predicted molar refractivity (Wildman–Crippen MR) is 175 cm³/mol. The number of hydrogen-bond acceptors (Lipinski definition) is 0. The molecule has 8 rings (SSSR count). The highest BCUT2D eigenvalue weighted by Gasteiger charge is 2.26. The molecule has 0 N–H and O–H groups in total. The molecule has 0 spiro atoms. The summed E-state index contributed by atoms with van der Waals surface area (Å²) in [6, 6.07) is 53.6. The van der Waals surface area contributed by atoms with Gasteiger partial charge in [-0.1, -0.05) is 153 Å². The van der Waals surface area contributed by atoms with E-state index in [0.29, 0.717) is 5.92 Å². The molecule has 0 amide bonds. The average molecular weight is 523 g/mol. The van der Waals surface area contributed by atoms with Crippen LogP contribution < -0.4 is 0 Å². The quantitative estimate of drug-likeness (QED) is 0.202. The Labute approximate surface area is 241 Å². The van der Waals surface area contributed by atoms with Crippen molar-refractivity contribution < 1.29 is 0 Å². The molecule has 1 atom stereocenters. The Balaban J connectivity index is 1.43. The van der Waals surface area contributed by atoms with Gasteiger partial charge in [0.25, 0.3) is 0 Å². The highest BCUT2D eigenvalue weighted by atomic mass is 14.3. The zero-order valence-corrected chi connectivity index (χ0v) is 23.1. The number of fused-ring (bicyclic) bond motifs is 5. The van der Waals surface area contributed by atoms with E-state index in [4.69, 9.17) is 0 Å². The molecule has 0 aliphatic heterocycles. The second-order valence-electron chi connectivity index (χ2n) is 11.3. The highest BCUT2D eigenvalue weighted by Crippen LogP contribution is 2.50. The lowest BCUT2D eigenvalue weighted by Crippen LogP contribution is -2.09. The van der Waals surface area contributed by atoms with Crippen LogP contribution in [0.2, 0.25) is 0 Å². The Hall–Kier alpha value is -4.94. The van der Waals surface area contributed by atoms with Crippen LogP contribution in [-0.4, -0.2) is 0 Å². The molecule has 41 heavy (non-hydrogen) atoms. The maximum Gasteiger partial charge on any atom is -0.00200 e. The summed E-state index contributed by atoms with van der Waals surface area (Å²) < 4.78 is 0. The molecule has 1 aliphatic carbocycles. The molecule has 7 aromatic carbocycles. The first kappa shape index (κ1) is 23.9. The van der Waals surface area contributed by atoms with Crippen LogP contribution in [0.4, 0.5) is 0 Å². The van der Waals surface area contributed by atoms with Gasteiger partial charge in [0.1, 0.15) is 0 Å². The molecule has 1 unspecified atom stereocenters. The van der Waals surface area contributed by atoms with Crippen LogP contribution in [0.25, 0.3) is 66.1 Å². The Morgan fingerprint density at radius 3 is 1.59 bits per heavy atom. The minimum Gasteiger partial charge on any atom is -0.0622 e. The normalized spacial score (nSPS) is 14.1. The van der Waals surface area contributed by atoms with Crippen molar-refractivity contribution in [1.82, 2.24) is 0 Å². The first-order valence-electron chi connectivity index (χ1n) is 14.6. The Bertz CT molecular complexity index is 2010. The van der Waals surface area contributed by atoms with Crippen molar-refractivity contribution in [2.24, 2.45) is 0 Å². The standard InChI is InChI=1S/C41H30/c1-27-26-31-14-5-6-15-33(31)40-32(27)20-11-21-38(40)41-36-18-9-7-16-34(36)39(35-17-8-10-19-37(35)41)30-24-22-29(23-25-30)28-12-3-2-4-13-28/h2-25,27H,26H2,1H3. The zero-order chi connectivity index (χ0) is 27.3. The average Bonchev–Trinajstić information content (AvgIpc) is 3.04. The van der Waals surface area contributed by atoms with E-state index >= 15 is 0 Å². The van der Waals surface area contributed by atoms with Crippen LogP contribution in [0.5, 0.6) is 0 Å². The van der Waals surface area contributed by atoms with Crippen LogP contribution >= 0.6 is 0 Å². The van der Waals surface area contributed by atoms with Crippen LogP contribution in [-0.2, 0) is 6.42 Å². The van der Waals surface area contributed by atoms with E-state index in [1.54, 1.807) is 0 Å². The minimum atomic E-state index is 0.486. The Kier molecular flexibility index (Phi) is 5.60. The van der Waals surface area contributed by atoms with Crippen LogP contribution in [0.3, 0.4) is 0 Å². The number of hydrogen-bond donors (Lipinski definition) is 0. The van der Waals surface area contributed by atoms with Crippen molar-refractivity contribution in [3.05, 3.63) is 157 Å². The van der Waals surface area contributed by atoms with E-state index in [0.717, 1.165) is 6.42 Å². The summed E-state index contributed by atoms with van der Waals surface area (Å²) in [5.41, 5.74) is 13.4. The van der Waals surface area contributed by atoms with Gasteiger partial charge in [0.15, 0.2) is 0 Å². The molecule has 1 aliphatic rings. The Morgan fingerprint density at radius 1 is 0.390 bits per heavy atom. The van der Waals surface area contributed by atoms with Crippen molar-refractivity contribution in [1.29, 1.82) is 0 Å². The molecular weight excluding hydrogens is 492 g/mol. The van der Waals surface area contributed by atoms with Gasteiger partial charge in [-0.05, 0) is 89.5 Å². The van der Waals surface area contributed by atoms with E-state index in [-0.39, 0.29) is 0 Å². The summed E-state index contributed by atoms with van der Waals surface area (Å²) in [7, 11) is 0. The predicted octanol–water partition coefficient (Wildman–Crippen LogP) is 11.3. The van der Waals surface area contributed by atoms with Crippen molar-refractivity contribution in [3.8, 4) is 44.5 Å². The molecule has 0 saturated carbocycles. The molecule has 194 valence electrons.